The quantitative estimate of drug-likeness (QED) is 0.896. The first-order valence-corrected chi connectivity index (χ1v) is 6.15. The van der Waals surface area contributed by atoms with E-state index < -0.39 is 6.10 Å². The zero-order valence-electron chi connectivity index (χ0n) is 11.2. The van der Waals surface area contributed by atoms with Gasteiger partial charge in [-0.3, -0.25) is 0 Å². The molecule has 0 aliphatic carbocycles. The Morgan fingerprint density at radius 3 is 2.58 bits per heavy atom. The van der Waals surface area contributed by atoms with Crippen LogP contribution in [-0.2, 0) is 11.3 Å². The van der Waals surface area contributed by atoms with E-state index in [-0.39, 0.29) is 0 Å². The fourth-order valence-corrected chi connectivity index (χ4v) is 2.08. The molecule has 0 aromatic heterocycles. The molecule has 3 nitrogen and oxygen atoms in total. The standard InChI is InChI=1S/C16H18O3/c1-18-11-13-6-3-4-9-15(13)16(17)12-7-5-8-14(10-12)19-2/h3-10,16-17H,11H2,1-2H3. The first-order valence-electron chi connectivity index (χ1n) is 6.15. The van der Waals surface area contributed by atoms with Crippen LogP contribution in [0.15, 0.2) is 48.5 Å². The molecule has 0 aliphatic heterocycles. The third-order valence-corrected chi connectivity index (χ3v) is 3.06. The van der Waals surface area contributed by atoms with E-state index in [1.165, 1.54) is 0 Å². The Labute approximate surface area is 113 Å². The molecule has 1 atom stereocenters. The van der Waals surface area contributed by atoms with Crippen LogP contribution in [-0.4, -0.2) is 19.3 Å². The molecule has 0 fully saturated rings. The smallest absolute Gasteiger partial charge is 0.119 e. The van der Waals surface area contributed by atoms with Crippen molar-refractivity contribution in [2.75, 3.05) is 14.2 Å². The lowest BCUT2D eigenvalue weighted by atomic mass is 9.97. The number of rotatable bonds is 5. The summed E-state index contributed by atoms with van der Waals surface area (Å²) in [5, 5.41) is 10.5. The van der Waals surface area contributed by atoms with Gasteiger partial charge in [0.25, 0.3) is 0 Å². The molecule has 0 saturated heterocycles. The van der Waals surface area contributed by atoms with Gasteiger partial charge in [0.2, 0.25) is 0 Å². The van der Waals surface area contributed by atoms with Crippen molar-refractivity contribution in [3.05, 3.63) is 65.2 Å². The van der Waals surface area contributed by atoms with Gasteiger partial charge in [0.05, 0.1) is 13.7 Å². The molecule has 0 aliphatic rings. The van der Waals surface area contributed by atoms with Crippen LogP contribution in [0.2, 0.25) is 0 Å². The zero-order valence-corrected chi connectivity index (χ0v) is 11.2. The largest absolute Gasteiger partial charge is 0.497 e. The first kappa shape index (κ1) is 13.6. The van der Waals surface area contributed by atoms with E-state index >= 15 is 0 Å². The van der Waals surface area contributed by atoms with Gasteiger partial charge in [0.1, 0.15) is 11.9 Å². The number of hydrogen-bond acceptors (Lipinski definition) is 3. The van der Waals surface area contributed by atoms with Crippen molar-refractivity contribution in [3.63, 3.8) is 0 Å². The zero-order chi connectivity index (χ0) is 13.7. The maximum atomic E-state index is 10.5. The number of benzene rings is 2. The van der Waals surface area contributed by atoms with Gasteiger partial charge in [-0.15, -0.1) is 0 Å². The van der Waals surface area contributed by atoms with Gasteiger partial charge in [0.15, 0.2) is 0 Å². The summed E-state index contributed by atoms with van der Waals surface area (Å²) in [6, 6.07) is 15.2. The van der Waals surface area contributed by atoms with Crippen LogP contribution in [0.1, 0.15) is 22.8 Å². The Balaban J connectivity index is 2.35. The minimum Gasteiger partial charge on any atom is -0.497 e. The summed E-state index contributed by atoms with van der Waals surface area (Å²) in [5.74, 6) is 0.737. The molecule has 100 valence electrons. The van der Waals surface area contributed by atoms with E-state index in [0.29, 0.717) is 6.61 Å². The Kier molecular flexibility index (Phi) is 4.55. The maximum absolute atomic E-state index is 10.5. The third kappa shape index (κ3) is 3.13. The predicted octanol–water partition coefficient (Wildman–Crippen LogP) is 2.92. The number of ether oxygens (including phenoxy) is 2. The Bertz CT molecular complexity index is 537. The van der Waals surface area contributed by atoms with Crippen molar-refractivity contribution >= 4 is 0 Å². The molecule has 0 heterocycles. The summed E-state index contributed by atoms with van der Waals surface area (Å²) in [5.41, 5.74) is 2.65. The lowest BCUT2D eigenvalue weighted by Crippen LogP contribution is -2.04. The summed E-state index contributed by atoms with van der Waals surface area (Å²) in [6.45, 7) is 0.483. The molecule has 0 bridgehead atoms. The highest BCUT2D eigenvalue weighted by Gasteiger charge is 2.14. The van der Waals surface area contributed by atoms with E-state index in [1.54, 1.807) is 14.2 Å². The van der Waals surface area contributed by atoms with Gasteiger partial charge in [-0.25, -0.2) is 0 Å². The highest BCUT2D eigenvalue weighted by Crippen LogP contribution is 2.27. The molecule has 0 spiro atoms. The van der Waals surface area contributed by atoms with Crippen LogP contribution < -0.4 is 4.74 Å². The van der Waals surface area contributed by atoms with Gasteiger partial charge in [-0.1, -0.05) is 36.4 Å². The average Bonchev–Trinajstić information content (AvgIpc) is 2.47. The van der Waals surface area contributed by atoms with Crippen molar-refractivity contribution < 1.29 is 14.6 Å². The average molecular weight is 258 g/mol. The van der Waals surface area contributed by atoms with Crippen LogP contribution >= 0.6 is 0 Å². The monoisotopic (exact) mass is 258 g/mol. The first-order chi connectivity index (χ1) is 9.26. The molecule has 2 aromatic carbocycles. The van der Waals surface area contributed by atoms with Gasteiger partial charge < -0.3 is 14.6 Å². The second kappa shape index (κ2) is 6.36. The van der Waals surface area contributed by atoms with Crippen molar-refractivity contribution in [3.8, 4) is 5.75 Å². The number of aliphatic hydroxyl groups is 1. The lowest BCUT2D eigenvalue weighted by molar-refractivity contribution is 0.176. The van der Waals surface area contributed by atoms with Crippen molar-refractivity contribution in [1.29, 1.82) is 0 Å². The predicted molar refractivity (Wildman–Crippen MR) is 74.2 cm³/mol. The number of aliphatic hydroxyl groups excluding tert-OH is 1. The molecule has 3 heteroatoms. The molecule has 19 heavy (non-hydrogen) atoms. The fraction of sp³-hybridized carbons (Fsp3) is 0.250. The topological polar surface area (TPSA) is 38.7 Å². The van der Waals surface area contributed by atoms with Gasteiger partial charge >= 0.3 is 0 Å². The van der Waals surface area contributed by atoms with Gasteiger partial charge in [-0.05, 0) is 28.8 Å². The molecule has 0 radical (unpaired) electrons. The molecular weight excluding hydrogens is 240 g/mol. The maximum Gasteiger partial charge on any atom is 0.119 e. The molecular formula is C16H18O3. The van der Waals surface area contributed by atoms with Crippen LogP contribution in [0.25, 0.3) is 0 Å². The molecule has 2 rings (SSSR count). The molecule has 1 unspecified atom stereocenters. The molecule has 1 N–H and O–H groups in total. The SMILES string of the molecule is COCc1ccccc1C(O)c1cccc(OC)c1. The summed E-state index contributed by atoms with van der Waals surface area (Å²) >= 11 is 0. The number of hydrogen-bond donors (Lipinski definition) is 1. The summed E-state index contributed by atoms with van der Waals surface area (Å²) in [7, 11) is 3.26. The normalized spacial score (nSPS) is 12.2. The molecule has 2 aromatic rings. The van der Waals surface area contributed by atoms with E-state index in [4.69, 9.17) is 9.47 Å². The lowest BCUT2D eigenvalue weighted by Gasteiger charge is -2.16. The number of methoxy groups -OCH3 is 2. The van der Waals surface area contributed by atoms with E-state index in [2.05, 4.69) is 0 Å². The van der Waals surface area contributed by atoms with Crippen molar-refractivity contribution in [1.82, 2.24) is 0 Å². The van der Waals surface area contributed by atoms with E-state index in [0.717, 1.165) is 22.4 Å². The summed E-state index contributed by atoms with van der Waals surface area (Å²) in [6.07, 6.45) is -0.679. The minimum atomic E-state index is -0.679. The highest BCUT2D eigenvalue weighted by atomic mass is 16.5. The van der Waals surface area contributed by atoms with Gasteiger partial charge in [0, 0.05) is 7.11 Å². The third-order valence-electron chi connectivity index (χ3n) is 3.06. The molecule has 0 amide bonds. The van der Waals surface area contributed by atoms with Gasteiger partial charge in [-0.2, -0.15) is 0 Å². The van der Waals surface area contributed by atoms with Crippen LogP contribution in [0.3, 0.4) is 0 Å². The fourth-order valence-electron chi connectivity index (χ4n) is 2.08. The second-order valence-corrected chi connectivity index (χ2v) is 4.31. The van der Waals surface area contributed by atoms with Crippen LogP contribution in [0, 0.1) is 0 Å². The van der Waals surface area contributed by atoms with E-state index in [1.807, 2.05) is 48.5 Å². The Morgan fingerprint density at radius 1 is 1.05 bits per heavy atom. The van der Waals surface area contributed by atoms with Crippen molar-refractivity contribution in [2.24, 2.45) is 0 Å². The Hall–Kier alpha value is -1.84. The minimum absolute atomic E-state index is 0.483. The Morgan fingerprint density at radius 2 is 1.84 bits per heavy atom. The molecule has 0 saturated carbocycles. The summed E-state index contributed by atoms with van der Waals surface area (Å²) in [4.78, 5) is 0. The van der Waals surface area contributed by atoms with Crippen LogP contribution in [0.5, 0.6) is 5.75 Å². The van der Waals surface area contributed by atoms with Crippen LogP contribution in [0.4, 0.5) is 0 Å². The van der Waals surface area contributed by atoms with Crippen molar-refractivity contribution in [2.45, 2.75) is 12.7 Å². The second-order valence-electron chi connectivity index (χ2n) is 4.31. The highest BCUT2D eigenvalue weighted by molar-refractivity contribution is 5.38. The van der Waals surface area contributed by atoms with E-state index in [9.17, 15) is 5.11 Å². The summed E-state index contributed by atoms with van der Waals surface area (Å²) < 4.78 is 10.3.